The van der Waals surface area contributed by atoms with Crippen molar-refractivity contribution >= 4 is 48.4 Å². The highest BCUT2D eigenvalue weighted by Gasteiger charge is 2.28. The number of hydrogen-bond donors (Lipinski definition) is 1. The topological polar surface area (TPSA) is 127 Å². The van der Waals surface area contributed by atoms with E-state index in [0.29, 0.717) is 21.0 Å². The minimum absolute atomic E-state index is 0.0184. The molecule has 1 aliphatic carbocycles. The van der Waals surface area contributed by atoms with Crippen molar-refractivity contribution in [2.24, 2.45) is 0 Å². The summed E-state index contributed by atoms with van der Waals surface area (Å²) in [5.41, 5.74) is 3.86. The van der Waals surface area contributed by atoms with Crippen molar-refractivity contribution in [2.45, 2.75) is 18.9 Å². The number of hydrogen-bond acceptors (Lipinski definition) is 8. The van der Waals surface area contributed by atoms with Crippen LogP contribution >= 0.6 is 0 Å². The van der Waals surface area contributed by atoms with Crippen molar-refractivity contribution in [1.82, 2.24) is 19.7 Å². The maximum Gasteiger partial charge on any atom is 0.245 e. The number of sulfonamides is 2. The first-order chi connectivity index (χ1) is 16.1. The van der Waals surface area contributed by atoms with Gasteiger partial charge in [-0.1, -0.05) is 24.3 Å². The van der Waals surface area contributed by atoms with Crippen molar-refractivity contribution in [1.29, 1.82) is 0 Å². The lowest BCUT2D eigenvalue weighted by Gasteiger charge is -2.20. The quantitative estimate of drug-likeness (QED) is 0.430. The Balaban J connectivity index is 1.44. The largest absolute Gasteiger partial charge is 0.324 e. The highest BCUT2D eigenvalue weighted by Crippen LogP contribution is 2.35. The van der Waals surface area contributed by atoms with Crippen LogP contribution in [0.2, 0.25) is 0 Å². The van der Waals surface area contributed by atoms with E-state index >= 15 is 0 Å². The maximum absolute atomic E-state index is 12.0. The molecular formula is C22H22N6O4S2. The molecule has 4 aromatic rings. The molecule has 0 bridgehead atoms. The van der Waals surface area contributed by atoms with E-state index in [1.807, 2.05) is 16.8 Å². The first-order valence-corrected chi connectivity index (χ1v) is 14.2. The molecule has 5 rings (SSSR count). The fourth-order valence-electron chi connectivity index (χ4n) is 4.34. The van der Waals surface area contributed by atoms with Crippen LogP contribution in [0.15, 0.2) is 60.9 Å². The van der Waals surface area contributed by atoms with Gasteiger partial charge in [-0.3, -0.25) is 0 Å². The number of aromatic nitrogens is 4. The minimum Gasteiger partial charge on any atom is -0.324 e. The first-order valence-electron chi connectivity index (χ1n) is 10.5. The third-order valence-corrected chi connectivity index (χ3v) is 8.92. The smallest absolute Gasteiger partial charge is 0.245 e. The standard InChI is InChI=1S/C22H22N6O4S2/c1-33(29,30)28(34(2,31)32)18-10-8-17(9-11-18)25-22-23-13-16-14-24-27(21(16)26-22)20-12-7-15-5-3-4-6-19(15)20/h3-6,8-11,13-14,20H,7,12H2,1-2H3,(H,23,25,26). The minimum atomic E-state index is -4.01. The molecule has 1 N–H and O–H groups in total. The van der Waals surface area contributed by atoms with E-state index in [1.54, 1.807) is 24.5 Å². The third kappa shape index (κ3) is 4.10. The lowest BCUT2D eigenvalue weighted by molar-refractivity contribution is 0.533. The van der Waals surface area contributed by atoms with E-state index in [9.17, 15) is 16.8 Å². The Morgan fingerprint density at radius 2 is 1.68 bits per heavy atom. The molecule has 0 saturated heterocycles. The van der Waals surface area contributed by atoms with Crippen LogP contribution < -0.4 is 9.03 Å². The van der Waals surface area contributed by atoms with Gasteiger partial charge < -0.3 is 5.32 Å². The SMILES string of the molecule is CS(=O)(=O)N(c1ccc(Nc2ncc3cnn(C4CCc5ccccc54)c3n2)cc1)S(C)(=O)=O. The summed E-state index contributed by atoms with van der Waals surface area (Å²) in [6.07, 6.45) is 7.06. The molecule has 12 heteroatoms. The Kier molecular flexibility index (Phi) is 5.29. The van der Waals surface area contributed by atoms with E-state index in [2.05, 4.69) is 32.5 Å². The molecule has 0 spiro atoms. The van der Waals surface area contributed by atoms with E-state index in [4.69, 9.17) is 0 Å². The molecule has 0 fully saturated rings. The van der Waals surface area contributed by atoms with Crippen LogP contribution in [-0.2, 0) is 26.5 Å². The Morgan fingerprint density at radius 1 is 0.971 bits per heavy atom. The molecule has 0 amide bonds. The zero-order chi connectivity index (χ0) is 24.1. The number of rotatable bonds is 6. The van der Waals surface area contributed by atoms with E-state index < -0.39 is 20.0 Å². The van der Waals surface area contributed by atoms with Gasteiger partial charge in [-0.15, -0.1) is 0 Å². The molecular weight excluding hydrogens is 476 g/mol. The first kappa shape index (κ1) is 22.3. The van der Waals surface area contributed by atoms with Crippen LogP contribution in [0.1, 0.15) is 23.6 Å². The van der Waals surface area contributed by atoms with Crippen LogP contribution in [0.3, 0.4) is 0 Å². The molecule has 10 nitrogen and oxygen atoms in total. The van der Waals surface area contributed by atoms with E-state index in [-0.39, 0.29) is 11.7 Å². The summed E-state index contributed by atoms with van der Waals surface area (Å²) in [5, 5.41) is 8.48. The molecule has 0 saturated carbocycles. The Morgan fingerprint density at radius 3 is 2.38 bits per heavy atom. The molecule has 2 aromatic carbocycles. The highest BCUT2D eigenvalue weighted by molar-refractivity contribution is 8.09. The summed E-state index contributed by atoms with van der Waals surface area (Å²) in [7, 11) is -8.02. The Hall–Kier alpha value is -3.51. The average Bonchev–Trinajstić information content (AvgIpc) is 3.36. The summed E-state index contributed by atoms with van der Waals surface area (Å²) >= 11 is 0. The normalized spacial score (nSPS) is 15.9. The van der Waals surface area contributed by atoms with Crippen LogP contribution in [-0.4, -0.2) is 49.1 Å². The molecule has 1 unspecified atom stereocenters. The molecule has 0 radical (unpaired) electrons. The van der Waals surface area contributed by atoms with Gasteiger partial charge in [0.15, 0.2) is 5.65 Å². The van der Waals surface area contributed by atoms with Crippen LogP contribution in [0.25, 0.3) is 11.0 Å². The van der Waals surface area contributed by atoms with Gasteiger partial charge in [-0.2, -0.15) is 13.8 Å². The van der Waals surface area contributed by atoms with Gasteiger partial charge in [-0.25, -0.2) is 26.5 Å². The highest BCUT2D eigenvalue weighted by atomic mass is 32.3. The summed E-state index contributed by atoms with van der Waals surface area (Å²) in [5.74, 6) is 0.344. The lowest BCUT2D eigenvalue weighted by atomic mass is 10.1. The molecule has 0 aliphatic heterocycles. The number of fused-ring (bicyclic) bond motifs is 2. The van der Waals surface area contributed by atoms with Gasteiger partial charge in [0.25, 0.3) is 0 Å². The van der Waals surface area contributed by atoms with Crippen molar-refractivity contribution in [2.75, 3.05) is 21.5 Å². The molecule has 176 valence electrons. The summed E-state index contributed by atoms with van der Waals surface area (Å²) in [6, 6.07) is 14.4. The zero-order valence-electron chi connectivity index (χ0n) is 18.5. The number of anilines is 3. The second-order valence-corrected chi connectivity index (χ2v) is 12.1. The fourth-order valence-corrected chi connectivity index (χ4v) is 7.31. The van der Waals surface area contributed by atoms with Gasteiger partial charge in [0.2, 0.25) is 26.0 Å². The van der Waals surface area contributed by atoms with Gasteiger partial charge in [0, 0.05) is 11.9 Å². The van der Waals surface area contributed by atoms with Crippen molar-refractivity contribution < 1.29 is 16.8 Å². The number of nitrogens with zero attached hydrogens (tertiary/aromatic N) is 5. The van der Waals surface area contributed by atoms with Crippen molar-refractivity contribution in [3.63, 3.8) is 0 Å². The average molecular weight is 499 g/mol. The van der Waals surface area contributed by atoms with Crippen LogP contribution in [0.4, 0.5) is 17.3 Å². The van der Waals surface area contributed by atoms with Gasteiger partial charge >= 0.3 is 0 Å². The number of nitrogens with one attached hydrogen (secondary N) is 1. The van der Waals surface area contributed by atoms with Gasteiger partial charge in [0.1, 0.15) is 0 Å². The van der Waals surface area contributed by atoms with E-state index in [0.717, 1.165) is 30.7 Å². The molecule has 1 atom stereocenters. The zero-order valence-corrected chi connectivity index (χ0v) is 20.1. The molecule has 34 heavy (non-hydrogen) atoms. The summed E-state index contributed by atoms with van der Waals surface area (Å²) < 4.78 is 50.2. The van der Waals surface area contributed by atoms with Crippen LogP contribution in [0.5, 0.6) is 0 Å². The van der Waals surface area contributed by atoms with Gasteiger partial charge in [-0.05, 0) is 48.2 Å². The predicted octanol–water partition coefficient (Wildman–Crippen LogP) is 2.83. The number of aryl methyl sites for hydroxylation is 1. The monoisotopic (exact) mass is 498 g/mol. The van der Waals surface area contributed by atoms with Crippen molar-refractivity contribution in [3.8, 4) is 0 Å². The summed E-state index contributed by atoms with van der Waals surface area (Å²) in [4.78, 5) is 9.00. The number of benzene rings is 2. The molecule has 1 aliphatic rings. The van der Waals surface area contributed by atoms with Crippen LogP contribution in [0, 0.1) is 0 Å². The Bertz CT molecular complexity index is 1570. The lowest BCUT2D eigenvalue weighted by Crippen LogP contribution is -2.35. The maximum atomic E-state index is 12.0. The van der Waals surface area contributed by atoms with E-state index in [1.165, 1.54) is 23.3 Å². The van der Waals surface area contributed by atoms with Gasteiger partial charge in [0.05, 0.1) is 35.8 Å². The predicted molar refractivity (Wildman–Crippen MR) is 130 cm³/mol. The molecule has 2 heterocycles. The Labute approximate surface area is 197 Å². The summed E-state index contributed by atoms with van der Waals surface area (Å²) in [6.45, 7) is 0. The molecule has 2 aromatic heterocycles. The van der Waals surface area contributed by atoms with Crippen molar-refractivity contribution in [3.05, 3.63) is 72.1 Å². The third-order valence-electron chi connectivity index (χ3n) is 5.67. The second-order valence-electron chi connectivity index (χ2n) is 8.21. The second kappa shape index (κ2) is 8.06. The fraction of sp³-hybridized carbons (Fsp3) is 0.227.